The molecule has 0 bridgehead atoms. The number of nitrogens with one attached hydrogen (secondary N) is 1. The van der Waals surface area contributed by atoms with Gasteiger partial charge in [0.1, 0.15) is 5.69 Å². The zero-order chi connectivity index (χ0) is 13.8. The lowest BCUT2D eigenvalue weighted by atomic mass is 10.0. The van der Waals surface area contributed by atoms with Gasteiger partial charge in [0, 0.05) is 25.2 Å². The number of amides is 1. The number of hydrogen-bond donors (Lipinski definition) is 2. The molecule has 19 heavy (non-hydrogen) atoms. The van der Waals surface area contributed by atoms with E-state index < -0.39 is 11.0 Å². The van der Waals surface area contributed by atoms with Crippen molar-refractivity contribution in [3.05, 3.63) is 34.4 Å². The van der Waals surface area contributed by atoms with Gasteiger partial charge in [-0.25, -0.2) is 4.79 Å². The highest BCUT2D eigenvalue weighted by atomic mass is 16.6. The minimum Gasteiger partial charge on any atom is -0.465 e. The molecule has 1 fully saturated rings. The number of nitro benzene ring substituents is 1. The summed E-state index contributed by atoms with van der Waals surface area (Å²) in [5.41, 5.74) is 0.688. The van der Waals surface area contributed by atoms with E-state index in [9.17, 15) is 14.9 Å². The van der Waals surface area contributed by atoms with E-state index in [-0.39, 0.29) is 11.7 Å². The van der Waals surface area contributed by atoms with Crippen LogP contribution in [0.5, 0.6) is 0 Å². The van der Waals surface area contributed by atoms with E-state index in [0.717, 1.165) is 0 Å². The van der Waals surface area contributed by atoms with Crippen molar-refractivity contribution in [3.63, 3.8) is 0 Å². The molecule has 1 aliphatic heterocycles. The Morgan fingerprint density at radius 3 is 2.58 bits per heavy atom. The van der Waals surface area contributed by atoms with Gasteiger partial charge in [-0.2, -0.15) is 0 Å². The largest absolute Gasteiger partial charge is 0.465 e. The van der Waals surface area contributed by atoms with Crippen LogP contribution in [0.1, 0.15) is 12.8 Å². The molecular formula is C12H15N3O4. The van der Waals surface area contributed by atoms with Crippen LogP contribution in [-0.4, -0.2) is 35.3 Å². The first-order valence-corrected chi connectivity index (χ1v) is 6.06. The van der Waals surface area contributed by atoms with Gasteiger partial charge in [0.2, 0.25) is 0 Å². The normalized spacial score (nSPS) is 16.1. The maximum absolute atomic E-state index is 11.0. The van der Waals surface area contributed by atoms with Crippen molar-refractivity contribution in [1.82, 2.24) is 5.32 Å². The summed E-state index contributed by atoms with van der Waals surface area (Å²) in [5, 5.41) is 22.1. The van der Waals surface area contributed by atoms with E-state index in [0.29, 0.717) is 31.6 Å². The van der Waals surface area contributed by atoms with Crippen LogP contribution in [0.2, 0.25) is 0 Å². The minimum absolute atomic E-state index is 0.0727. The zero-order valence-corrected chi connectivity index (χ0v) is 10.3. The molecule has 1 heterocycles. The Morgan fingerprint density at radius 1 is 1.37 bits per heavy atom. The molecule has 1 amide bonds. The molecule has 0 saturated carbocycles. The van der Waals surface area contributed by atoms with Crippen LogP contribution in [0, 0.1) is 10.1 Å². The Kier molecular flexibility index (Phi) is 3.84. The van der Waals surface area contributed by atoms with Crippen LogP contribution in [0.25, 0.3) is 0 Å². The molecule has 102 valence electrons. The van der Waals surface area contributed by atoms with Gasteiger partial charge >= 0.3 is 6.09 Å². The van der Waals surface area contributed by atoms with Gasteiger partial charge < -0.3 is 15.3 Å². The Labute approximate surface area is 110 Å². The second kappa shape index (κ2) is 5.55. The van der Waals surface area contributed by atoms with Crippen LogP contribution in [0.3, 0.4) is 0 Å². The number of piperidine rings is 1. The minimum atomic E-state index is -1.02. The molecule has 0 spiro atoms. The number of nitro groups is 1. The maximum Gasteiger partial charge on any atom is 0.404 e. The van der Waals surface area contributed by atoms with Crippen molar-refractivity contribution in [2.75, 3.05) is 18.0 Å². The quantitative estimate of drug-likeness (QED) is 0.642. The predicted octanol–water partition coefficient (Wildman–Crippen LogP) is 1.83. The van der Waals surface area contributed by atoms with Crippen LogP contribution in [0.4, 0.5) is 16.2 Å². The first kappa shape index (κ1) is 13.1. The average Bonchev–Trinajstić information content (AvgIpc) is 2.39. The molecule has 0 unspecified atom stereocenters. The lowest BCUT2D eigenvalue weighted by Crippen LogP contribution is -2.44. The van der Waals surface area contributed by atoms with Gasteiger partial charge in [0.15, 0.2) is 0 Å². The Balaban J connectivity index is 2.05. The highest BCUT2D eigenvalue weighted by Gasteiger charge is 2.24. The molecule has 2 rings (SSSR count). The van der Waals surface area contributed by atoms with Crippen molar-refractivity contribution in [1.29, 1.82) is 0 Å². The van der Waals surface area contributed by atoms with Crippen LogP contribution in [0.15, 0.2) is 24.3 Å². The van der Waals surface area contributed by atoms with E-state index >= 15 is 0 Å². The molecule has 0 radical (unpaired) electrons. The fraction of sp³-hybridized carbons (Fsp3) is 0.417. The van der Waals surface area contributed by atoms with Crippen LogP contribution < -0.4 is 10.2 Å². The number of rotatable bonds is 3. The molecule has 1 aliphatic rings. The lowest BCUT2D eigenvalue weighted by molar-refractivity contribution is -0.384. The number of benzene rings is 1. The summed E-state index contributed by atoms with van der Waals surface area (Å²) in [6.07, 6.45) is 0.278. The summed E-state index contributed by atoms with van der Waals surface area (Å²) < 4.78 is 0. The standard InChI is InChI=1S/C12H15N3O4/c16-12(17)13-9-5-7-14(8-6-9)10-3-1-2-4-11(10)15(18)19/h1-4,9,13H,5-8H2,(H,16,17). The summed E-state index contributed by atoms with van der Waals surface area (Å²) in [4.78, 5) is 23.0. The van der Waals surface area contributed by atoms with Crippen molar-refractivity contribution < 1.29 is 14.8 Å². The van der Waals surface area contributed by atoms with Gasteiger partial charge in [-0.1, -0.05) is 12.1 Å². The molecule has 0 atom stereocenters. The van der Waals surface area contributed by atoms with E-state index in [1.54, 1.807) is 18.2 Å². The van der Waals surface area contributed by atoms with Gasteiger partial charge in [-0.05, 0) is 18.9 Å². The third-order valence-electron chi connectivity index (χ3n) is 3.24. The molecule has 7 nitrogen and oxygen atoms in total. The second-order valence-electron chi connectivity index (χ2n) is 4.46. The highest BCUT2D eigenvalue weighted by molar-refractivity contribution is 5.65. The Morgan fingerprint density at radius 2 is 2.00 bits per heavy atom. The van der Waals surface area contributed by atoms with E-state index in [1.807, 2.05) is 4.90 Å². The molecule has 1 aromatic carbocycles. The number of para-hydroxylation sites is 2. The summed E-state index contributed by atoms with van der Waals surface area (Å²) in [6, 6.07) is 6.54. The van der Waals surface area contributed by atoms with Crippen molar-refractivity contribution in [2.45, 2.75) is 18.9 Å². The van der Waals surface area contributed by atoms with Gasteiger partial charge in [0.25, 0.3) is 5.69 Å². The SMILES string of the molecule is O=C(O)NC1CCN(c2ccccc2[N+](=O)[O-])CC1. The lowest BCUT2D eigenvalue weighted by Gasteiger charge is -2.33. The topological polar surface area (TPSA) is 95.7 Å². The Bertz CT molecular complexity index is 484. The predicted molar refractivity (Wildman–Crippen MR) is 69.5 cm³/mol. The van der Waals surface area contributed by atoms with Crippen molar-refractivity contribution in [2.24, 2.45) is 0 Å². The third kappa shape index (κ3) is 3.12. The maximum atomic E-state index is 11.0. The third-order valence-corrected chi connectivity index (χ3v) is 3.24. The van der Waals surface area contributed by atoms with E-state index in [1.165, 1.54) is 6.07 Å². The van der Waals surface area contributed by atoms with Gasteiger partial charge in [0.05, 0.1) is 4.92 Å². The van der Waals surface area contributed by atoms with Gasteiger partial charge in [-0.3, -0.25) is 10.1 Å². The number of nitrogens with zero attached hydrogens (tertiary/aromatic N) is 2. The molecule has 0 aromatic heterocycles. The summed E-state index contributed by atoms with van der Waals surface area (Å²) in [6.45, 7) is 1.21. The second-order valence-corrected chi connectivity index (χ2v) is 4.46. The number of carboxylic acid groups (broad SMARTS) is 1. The van der Waals surface area contributed by atoms with Crippen molar-refractivity contribution >= 4 is 17.5 Å². The van der Waals surface area contributed by atoms with Gasteiger partial charge in [-0.15, -0.1) is 0 Å². The molecule has 2 N–H and O–H groups in total. The number of anilines is 1. The van der Waals surface area contributed by atoms with E-state index in [4.69, 9.17) is 5.11 Å². The average molecular weight is 265 g/mol. The zero-order valence-electron chi connectivity index (χ0n) is 10.3. The molecule has 1 saturated heterocycles. The Hall–Kier alpha value is -2.31. The first-order chi connectivity index (χ1) is 9.08. The fourth-order valence-electron chi connectivity index (χ4n) is 2.33. The summed E-state index contributed by atoms with van der Waals surface area (Å²) in [5.74, 6) is 0. The molecular weight excluding hydrogens is 250 g/mol. The summed E-state index contributed by atoms with van der Waals surface area (Å²) in [7, 11) is 0. The van der Waals surface area contributed by atoms with Crippen molar-refractivity contribution in [3.8, 4) is 0 Å². The number of carbonyl (C=O) groups is 1. The monoisotopic (exact) mass is 265 g/mol. The molecule has 7 heteroatoms. The smallest absolute Gasteiger partial charge is 0.404 e. The first-order valence-electron chi connectivity index (χ1n) is 6.06. The van der Waals surface area contributed by atoms with Crippen LogP contribution >= 0.6 is 0 Å². The number of hydrogen-bond acceptors (Lipinski definition) is 4. The highest BCUT2D eigenvalue weighted by Crippen LogP contribution is 2.29. The van der Waals surface area contributed by atoms with Crippen LogP contribution in [-0.2, 0) is 0 Å². The molecule has 1 aromatic rings. The fourth-order valence-corrected chi connectivity index (χ4v) is 2.33. The molecule has 0 aliphatic carbocycles. The van der Waals surface area contributed by atoms with E-state index in [2.05, 4.69) is 5.32 Å². The summed E-state index contributed by atoms with van der Waals surface area (Å²) >= 11 is 0.